The second kappa shape index (κ2) is 7.30. The van der Waals surface area contributed by atoms with E-state index < -0.39 is 5.97 Å². The molecule has 2 aliphatic rings. The highest BCUT2D eigenvalue weighted by atomic mass is 19.1. The summed E-state index contributed by atoms with van der Waals surface area (Å²) >= 11 is 0. The van der Waals surface area contributed by atoms with Gasteiger partial charge in [-0.2, -0.15) is 0 Å². The van der Waals surface area contributed by atoms with Gasteiger partial charge in [0.25, 0.3) is 5.91 Å². The summed E-state index contributed by atoms with van der Waals surface area (Å²) in [6, 6.07) is 8.92. The maximum Gasteiger partial charge on any atom is 0.354 e. The fraction of sp³-hybridized carbons (Fsp3) is 0.455. The Kier molecular flexibility index (Phi) is 4.94. The molecular formula is C22H26FN3O3. The Morgan fingerprint density at radius 2 is 1.86 bits per heavy atom. The van der Waals surface area contributed by atoms with Crippen LogP contribution in [-0.4, -0.2) is 54.0 Å². The molecule has 0 N–H and O–H groups in total. The predicted molar refractivity (Wildman–Crippen MR) is 106 cm³/mol. The Balaban J connectivity index is 1.61. The number of fused-ring (bicyclic) bond motifs is 2. The largest absolute Gasteiger partial charge is 0.464 e. The Labute approximate surface area is 169 Å². The highest BCUT2D eigenvalue weighted by Crippen LogP contribution is 2.50. The number of hydrogen-bond acceptors (Lipinski definition) is 4. The SMILES string of the molecule is COC(=O)c1cc(F)c2n1CCN(Cc1ccc(C(=O)N(C)C)cc1)C21CCC1. The van der Waals surface area contributed by atoms with Crippen molar-refractivity contribution in [2.75, 3.05) is 27.7 Å². The molecule has 1 saturated carbocycles. The minimum absolute atomic E-state index is 0.0276. The number of benzene rings is 1. The number of ether oxygens (including phenoxy) is 1. The van der Waals surface area contributed by atoms with Crippen LogP contribution >= 0.6 is 0 Å². The normalized spacial score (nSPS) is 17.5. The van der Waals surface area contributed by atoms with E-state index >= 15 is 0 Å². The predicted octanol–water partition coefficient (Wildman–Crippen LogP) is 3.01. The summed E-state index contributed by atoms with van der Waals surface area (Å²) in [5, 5.41) is 0. The van der Waals surface area contributed by atoms with Crippen molar-refractivity contribution in [1.82, 2.24) is 14.4 Å². The van der Waals surface area contributed by atoms with Gasteiger partial charge in [0, 0.05) is 45.4 Å². The monoisotopic (exact) mass is 399 g/mol. The third-order valence-corrected chi connectivity index (χ3v) is 6.25. The summed E-state index contributed by atoms with van der Waals surface area (Å²) in [5.41, 5.74) is 2.25. The van der Waals surface area contributed by atoms with Gasteiger partial charge in [-0.3, -0.25) is 9.69 Å². The quantitative estimate of drug-likeness (QED) is 0.742. The lowest BCUT2D eigenvalue weighted by Gasteiger charge is -2.53. The minimum atomic E-state index is -0.501. The van der Waals surface area contributed by atoms with Crippen LogP contribution in [0.15, 0.2) is 30.3 Å². The van der Waals surface area contributed by atoms with E-state index in [0.717, 1.165) is 31.4 Å². The summed E-state index contributed by atoms with van der Waals surface area (Å²) in [7, 11) is 4.78. The average molecular weight is 399 g/mol. The Hall–Kier alpha value is -2.67. The summed E-state index contributed by atoms with van der Waals surface area (Å²) in [6.45, 7) is 1.95. The molecule has 7 heteroatoms. The van der Waals surface area contributed by atoms with Crippen LogP contribution in [0.4, 0.5) is 4.39 Å². The van der Waals surface area contributed by atoms with E-state index in [9.17, 15) is 14.0 Å². The molecule has 1 fully saturated rings. The topological polar surface area (TPSA) is 54.8 Å². The van der Waals surface area contributed by atoms with Crippen molar-refractivity contribution in [2.24, 2.45) is 0 Å². The average Bonchev–Trinajstić information content (AvgIpc) is 3.03. The molecule has 29 heavy (non-hydrogen) atoms. The van der Waals surface area contributed by atoms with Gasteiger partial charge in [-0.1, -0.05) is 12.1 Å². The van der Waals surface area contributed by atoms with Gasteiger partial charge in [-0.05, 0) is 37.0 Å². The van der Waals surface area contributed by atoms with Crippen molar-refractivity contribution in [3.8, 4) is 0 Å². The smallest absolute Gasteiger partial charge is 0.354 e. The van der Waals surface area contributed by atoms with E-state index in [2.05, 4.69) is 4.90 Å². The zero-order valence-corrected chi connectivity index (χ0v) is 17.1. The molecule has 0 bridgehead atoms. The first-order valence-corrected chi connectivity index (χ1v) is 9.91. The number of amides is 1. The summed E-state index contributed by atoms with van der Waals surface area (Å²) < 4.78 is 21.6. The molecule has 1 aliphatic heterocycles. The van der Waals surface area contributed by atoms with Crippen molar-refractivity contribution in [3.05, 3.63) is 58.7 Å². The molecule has 2 heterocycles. The zero-order chi connectivity index (χ0) is 20.8. The number of carbonyl (C=O) groups is 2. The van der Waals surface area contributed by atoms with Crippen LogP contribution in [0.5, 0.6) is 0 Å². The fourth-order valence-corrected chi connectivity index (χ4v) is 4.61. The van der Waals surface area contributed by atoms with Crippen molar-refractivity contribution in [3.63, 3.8) is 0 Å². The number of rotatable bonds is 4. The molecule has 1 aromatic carbocycles. The van der Waals surface area contributed by atoms with Crippen LogP contribution in [0.1, 0.15) is 51.4 Å². The maximum atomic E-state index is 14.9. The molecule has 0 saturated heterocycles. The van der Waals surface area contributed by atoms with Gasteiger partial charge in [0.15, 0.2) is 0 Å². The number of esters is 1. The molecule has 154 valence electrons. The van der Waals surface area contributed by atoms with E-state index in [-0.39, 0.29) is 23.0 Å². The number of aromatic nitrogens is 1. The standard InChI is InChI=1S/C22H26FN3O3/c1-24(2)20(27)16-7-5-15(6-8-16)14-25-11-12-26-18(21(28)29-3)13-17(23)19(26)22(25)9-4-10-22/h5-8,13H,4,9-12,14H2,1-3H3. The van der Waals surface area contributed by atoms with Crippen LogP contribution in [0.3, 0.4) is 0 Å². The van der Waals surface area contributed by atoms with Gasteiger partial charge in [0.05, 0.1) is 18.3 Å². The van der Waals surface area contributed by atoms with Crippen molar-refractivity contribution >= 4 is 11.9 Å². The lowest BCUT2D eigenvalue weighted by molar-refractivity contribution is -0.0251. The second-order valence-corrected chi connectivity index (χ2v) is 8.07. The molecule has 1 aromatic heterocycles. The molecule has 0 atom stereocenters. The van der Waals surface area contributed by atoms with Crippen molar-refractivity contribution in [2.45, 2.75) is 37.9 Å². The Morgan fingerprint density at radius 1 is 1.17 bits per heavy atom. The van der Waals surface area contributed by atoms with Gasteiger partial charge >= 0.3 is 5.97 Å². The third-order valence-electron chi connectivity index (χ3n) is 6.25. The van der Waals surface area contributed by atoms with Gasteiger partial charge < -0.3 is 14.2 Å². The zero-order valence-electron chi connectivity index (χ0n) is 17.1. The van der Waals surface area contributed by atoms with Gasteiger partial charge in [0.1, 0.15) is 11.5 Å². The van der Waals surface area contributed by atoms with E-state index in [1.807, 2.05) is 24.3 Å². The van der Waals surface area contributed by atoms with Crippen molar-refractivity contribution in [1.29, 1.82) is 0 Å². The van der Waals surface area contributed by atoms with E-state index in [0.29, 0.717) is 24.3 Å². The van der Waals surface area contributed by atoms with Crippen LogP contribution in [0.2, 0.25) is 0 Å². The second-order valence-electron chi connectivity index (χ2n) is 8.07. The van der Waals surface area contributed by atoms with E-state index in [1.54, 1.807) is 23.6 Å². The molecular weight excluding hydrogens is 373 g/mol. The van der Waals surface area contributed by atoms with Crippen LogP contribution in [-0.2, 0) is 23.4 Å². The summed E-state index contributed by atoms with van der Waals surface area (Å²) in [5.74, 6) is -0.860. The first-order chi connectivity index (χ1) is 13.9. The van der Waals surface area contributed by atoms with Crippen LogP contribution in [0.25, 0.3) is 0 Å². The molecule has 6 nitrogen and oxygen atoms in total. The molecule has 4 rings (SSSR count). The van der Waals surface area contributed by atoms with Gasteiger partial charge in [-0.15, -0.1) is 0 Å². The highest BCUT2D eigenvalue weighted by Gasteiger charge is 2.50. The number of nitrogens with zero attached hydrogens (tertiary/aromatic N) is 3. The molecule has 0 radical (unpaired) electrons. The third kappa shape index (κ3) is 3.13. The minimum Gasteiger partial charge on any atom is -0.464 e. The van der Waals surface area contributed by atoms with Gasteiger partial charge in [-0.25, -0.2) is 9.18 Å². The van der Waals surface area contributed by atoms with Crippen LogP contribution < -0.4 is 0 Å². The molecule has 0 unspecified atom stereocenters. The Morgan fingerprint density at radius 3 is 2.41 bits per heavy atom. The number of halogens is 1. The number of carbonyl (C=O) groups excluding carboxylic acids is 2. The summed E-state index contributed by atoms with van der Waals surface area (Å²) in [6.07, 6.45) is 2.77. The van der Waals surface area contributed by atoms with Gasteiger partial charge in [0.2, 0.25) is 0 Å². The Bertz CT molecular complexity index is 945. The molecule has 1 amide bonds. The highest BCUT2D eigenvalue weighted by molar-refractivity contribution is 5.93. The fourth-order valence-electron chi connectivity index (χ4n) is 4.61. The molecule has 1 aliphatic carbocycles. The molecule has 1 spiro atoms. The lowest BCUT2D eigenvalue weighted by atomic mass is 9.71. The first kappa shape index (κ1) is 19.6. The summed E-state index contributed by atoms with van der Waals surface area (Å²) in [4.78, 5) is 28.0. The lowest BCUT2D eigenvalue weighted by Crippen LogP contribution is -2.56. The van der Waals surface area contributed by atoms with Crippen molar-refractivity contribution < 1.29 is 18.7 Å². The molecule has 2 aromatic rings. The van der Waals surface area contributed by atoms with Crippen LogP contribution in [0, 0.1) is 5.82 Å². The van der Waals surface area contributed by atoms with E-state index in [4.69, 9.17) is 4.74 Å². The first-order valence-electron chi connectivity index (χ1n) is 9.91. The number of hydrogen-bond donors (Lipinski definition) is 0. The van der Waals surface area contributed by atoms with E-state index in [1.165, 1.54) is 13.2 Å². The number of methoxy groups -OCH3 is 1. The maximum absolute atomic E-state index is 14.9.